The molecule has 1 saturated carbocycles. The molecular weight excluding hydrogens is 254 g/mol. The largest absolute Gasteiger partial charge is 0.382 e. The smallest absolute Gasteiger partial charge is 0.287 e. The average molecular weight is 272 g/mol. The Morgan fingerprint density at radius 2 is 2.39 bits per heavy atom. The van der Waals surface area contributed by atoms with Crippen LogP contribution in [-0.2, 0) is 11.8 Å². The van der Waals surface area contributed by atoms with E-state index in [1.807, 2.05) is 0 Å². The van der Waals surface area contributed by atoms with Crippen molar-refractivity contribution < 1.29 is 4.74 Å². The van der Waals surface area contributed by atoms with Crippen molar-refractivity contribution in [1.29, 1.82) is 0 Å². The highest BCUT2D eigenvalue weighted by Gasteiger charge is 2.20. The summed E-state index contributed by atoms with van der Waals surface area (Å²) in [6.45, 7) is 2.34. The molecule has 1 heterocycles. The van der Waals surface area contributed by atoms with E-state index in [0.717, 1.165) is 32.1 Å². The monoisotopic (exact) mass is 271 g/mol. The minimum atomic E-state index is -0.286. The van der Waals surface area contributed by atoms with Gasteiger partial charge in [-0.15, -0.1) is 0 Å². The molecule has 100 valence electrons. The molecule has 5 nitrogen and oxygen atoms in total. The molecule has 1 N–H and O–H groups in total. The summed E-state index contributed by atoms with van der Waals surface area (Å²) in [7, 11) is 1.57. The number of nitrogens with zero attached hydrogens (tertiary/aromatic N) is 2. The van der Waals surface area contributed by atoms with E-state index in [2.05, 4.69) is 10.4 Å². The highest BCUT2D eigenvalue weighted by Crippen LogP contribution is 2.28. The zero-order valence-electron chi connectivity index (χ0n) is 10.5. The van der Waals surface area contributed by atoms with Crippen molar-refractivity contribution in [3.05, 3.63) is 21.6 Å². The van der Waals surface area contributed by atoms with Gasteiger partial charge in [-0.1, -0.05) is 11.6 Å². The number of aryl methyl sites for hydroxylation is 1. The third-order valence-electron chi connectivity index (χ3n) is 2.91. The molecule has 2 rings (SSSR count). The molecule has 1 aromatic heterocycles. The van der Waals surface area contributed by atoms with Gasteiger partial charge < -0.3 is 10.1 Å². The number of rotatable bonds is 7. The molecule has 0 saturated heterocycles. The Morgan fingerprint density at radius 1 is 1.61 bits per heavy atom. The fourth-order valence-corrected chi connectivity index (χ4v) is 1.80. The van der Waals surface area contributed by atoms with E-state index in [-0.39, 0.29) is 10.6 Å². The first-order valence-corrected chi connectivity index (χ1v) is 6.59. The molecular formula is C12H18ClN3O2. The minimum absolute atomic E-state index is 0.186. The molecule has 1 aliphatic carbocycles. The summed E-state index contributed by atoms with van der Waals surface area (Å²) in [5.41, 5.74) is 0.300. The van der Waals surface area contributed by atoms with Crippen LogP contribution in [0.3, 0.4) is 0 Å². The summed E-state index contributed by atoms with van der Waals surface area (Å²) in [5, 5.41) is 7.20. The normalized spacial score (nSPS) is 14.8. The van der Waals surface area contributed by atoms with Gasteiger partial charge in [0.2, 0.25) is 0 Å². The van der Waals surface area contributed by atoms with E-state index in [1.165, 1.54) is 17.5 Å². The zero-order chi connectivity index (χ0) is 13.0. The maximum atomic E-state index is 11.5. The average Bonchev–Trinajstić information content (AvgIpc) is 3.17. The predicted molar refractivity (Wildman–Crippen MR) is 71.1 cm³/mol. The molecule has 1 fully saturated rings. The molecule has 0 amide bonds. The van der Waals surface area contributed by atoms with Gasteiger partial charge in [0, 0.05) is 26.8 Å². The maximum absolute atomic E-state index is 11.5. The van der Waals surface area contributed by atoms with Crippen molar-refractivity contribution in [1.82, 2.24) is 9.78 Å². The van der Waals surface area contributed by atoms with Gasteiger partial charge in [-0.3, -0.25) is 4.79 Å². The minimum Gasteiger partial charge on any atom is -0.382 e. The molecule has 18 heavy (non-hydrogen) atoms. The van der Waals surface area contributed by atoms with Gasteiger partial charge >= 0.3 is 0 Å². The number of ether oxygens (including phenoxy) is 1. The molecule has 0 spiro atoms. The highest BCUT2D eigenvalue weighted by atomic mass is 35.5. The van der Waals surface area contributed by atoms with Crippen LogP contribution in [0.25, 0.3) is 0 Å². The van der Waals surface area contributed by atoms with Crippen LogP contribution in [0.15, 0.2) is 11.0 Å². The first-order chi connectivity index (χ1) is 8.68. The van der Waals surface area contributed by atoms with Crippen LogP contribution >= 0.6 is 11.6 Å². The van der Waals surface area contributed by atoms with Gasteiger partial charge in [0.1, 0.15) is 5.02 Å². The summed E-state index contributed by atoms with van der Waals surface area (Å²) in [4.78, 5) is 11.5. The molecule has 1 aliphatic rings. The number of hydrogen-bond acceptors (Lipinski definition) is 4. The maximum Gasteiger partial charge on any atom is 0.287 e. The van der Waals surface area contributed by atoms with Crippen molar-refractivity contribution in [2.24, 2.45) is 13.0 Å². The second kappa shape index (κ2) is 6.20. The fraction of sp³-hybridized carbons (Fsp3) is 0.667. The molecule has 1 aromatic rings. The van der Waals surface area contributed by atoms with Crippen LogP contribution in [0.2, 0.25) is 5.02 Å². The Kier molecular flexibility index (Phi) is 4.60. The quantitative estimate of drug-likeness (QED) is 0.767. The van der Waals surface area contributed by atoms with Gasteiger partial charge in [0.15, 0.2) is 0 Å². The second-order valence-electron chi connectivity index (χ2n) is 4.60. The lowest BCUT2D eigenvalue weighted by molar-refractivity contribution is 0.124. The van der Waals surface area contributed by atoms with Crippen molar-refractivity contribution in [2.75, 3.05) is 25.1 Å². The zero-order valence-corrected chi connectivity index (χ0v) is 11.2. The van der Waals surface area contributed by atoms with Crippen LogP contribution in [-0.4, -0.2) is 29.5 Å². The van der Waals surface area contributed by atoms with Crippen LogP contribution in [0, 0.1) is 5.92 Å². The Labute approximate surface area is 111 Å². The first kappa shape index (κ1) is 13.4. The number of anilines is 1. The lowest BCUT2D eigenvalue weighted by Gasteiger charge is -2.08. The highest BCUT2D eigenvalue weighted by molar-refractivity contribution is 6.32. The topological polar surface area (TPSA) is 56.1 Å². The summed E-state index contributed by atoms with van der Waals surface area (Å²) in [6, 6.07) is 0. The van der Waals surface area contributed by atoms with Crippen molar-refractivity contribution >= 4 is 17.3 Å². The summed E-state index contributed by atoms with van der Waals surface area (Å²) in [6.07, 6.45) is 5.08. The number of hydrogen-bond donors (Lipinski definition) is 1. The van der Waals surface area contributed by atoms with E-state index >= 15 is 0 Å². The van der Waals surface area contributed by atoms with Gasteiger partial charge in [0.05, 0.1) is 11.9 Å². The first-order valence-electron chi connectivity index (χ1n) is 6.22. The van der Waals surface area contributed by atoms with E-state index in [1.54, 1.807) is 13.2 Å². The third-order valence-corrected chi connectivity index (χ3v) is 3.27. The van der Waals surface area contributed by atoms with Crippen molar-refractivity contribution in [3.63, 3.8) is 0 Å². The van der Waals surface area contributed by atoms with Gasteiger partial charge in [-0.2, -0.15) is 5.10 Å². The molecule has 6 heteroatoms. The van der Waals surface area contributed by atoms with Crippen LogP contribution < -0.4 is 10.9 Å². The Bertz CT molecular complexity index is 457. The van der Waals surface area contributed by atoms with E-state index in [9.17, 15) is 4.79 Å². The number of aromatic nitrogens is 2. The number of nitrogens with one attached hydrogen (secondary N) is 1. The Morgan fingerprint density at radius 3 is 3.11 bits per heavy atom. The van der Waals surface area contributed by atoms with Crippen molar-refractivity contribution in [3.8, 4) is 0 Å². The van der Waals surface area contributed by atoms with E-state index in [0.29, 0.717) is 5.69 Å². The lowest BCUT2D eigenvalue weighted by Crippen LogP contribution is -2.21. The van der Waals surface area contributed by atoms with Crippen LogP contribution in [0.5, 0.6) is 0 Å². The molecule has 0 bridgehead atoms. The van der Waals surface area contributed by atoms with Crippen LogP contribution in [0.1, 0.15) is 19.3 Å². The molecule has 0 radical (unpaired) electrons. The lowest BCUT2D eigenvalue weighted by atomic mass is 10.4. The van der Waals surface area contributed by atoms with Gasteiger partial charge in [0.25, 0.3) is 5.56 Å². The SMILES string of the molecule is Cn1ncc(NCCCOCC2CC2)c(Cl)c1=O. The second-order valence-corrected chi connectivity index (χ2v) is 4.98. The summed E-state index contributed by atoms with van der Waals surface area (Å²) in [5.74, 6) is 0.800. The molecule has 0 aliphatic heterocycles. The summed E-state index contributed by atoms with van der Waals surface area (Å²) < 4.78 is 6.73. The molecule has 0 unspecified atom stereocenters. The van der Waals surface area contributed by atoms with Crippen LogP contribution in [0.4, 0.5) is 5.69 Å². The predicted octanol–water partition coefficient (Wildman–Crippen LogP) is 1.66. The van der Waals surface area contributed by atoms with Gasteiger partial charge in [-0.25, -0.2) is 4.68 Å². The van der Waals surface area contributed by atoms with E-state index < -0.39 is 0 Å². The number of halogens is 1. The standard InChI is InChI=1S/C12H18ClN3O2/c1-16-12(17)11(13)10(7-15-16)14-5-2-6-18-8-9-3-4-9/h7,9,14H,2-6,8H2,1H3. The fourth-order valence-electron chi connectivity index (χ4n) is 1.57. The Balaban J connectivity index is 1.69. The van der Waals surface area contributed by atoms with Gasteiger partial charge in [-0.05, 0) is 25.2 Å². The molecule has 0 atom stereocenters. The molecule has 0 aromatic carbocycles. The third kappa shape index (κ3) is 3.71. The Hall–Kier alpha value is -1.07. The van der Waals surface area contributed by atoms with E-state index in [4.69, 9.17) is 16.3 Å². The summed E-state index contributed by atoms with van der Waals surface area (Å²) >= 11 is 5.92. The van der Waals surface area contributed by atoms with Crippen molar-refractivity contribution in [2.45, 2.75) is 19.3 Å².